The predicted molar refractivity (Wildman–Crippen MR) is 59.9 cm³/mol. The van der Waals surface area contributed by atoms with Crippen molar-refractivity contribution in [3.8, 4) is 11.1 Å². The third kappa shape index (κ3) is 1.75. The molecule has 0 saturated heterocycles. The van der Waals surface area contributed by atoms with Crippen LogP contribution in [0.25, 0.3) is 11.1 Å². The molecule has 0 radical (unpaired) electrons. The van der Waals surface area contributed by atoms with E-state index in [9.17, 15) is 4.79 Å². The van der Waals surface area contributed by atoms with Crippen LogP contribution in [0.1, 0.15) is 15.2 Å². The van der Waals surface area contributed by atoms with E-state index in [1.165, 1.54) is 10.4 Å². The quantitative estimate of drug-likeness (QED) is 0.681. The number of aldehydes is 1. The molecule has 1 heterocycles. The summed E-state index contributed by atoms with van der Waals surface area (Å²) in [5.41, 5.74) is 3.03. The SMILES string of the molecule is Cc1cc(-c2cccc(C=O)c2)cs1. The number of benzene rings is 1. The van der Waals surface area contributed by atoms with Crippen molar-refractivity contribution in [1.82, 2.24) is 0 Å². The van der Waals surface area contributed by atoms with Gasteiger partial charge in [0.15, 0.2) is 0 Å². The number of carbonyl (C=O) groups excluding carboxylic acids is 1. The molecule has 0 atom stereocenters. The number of carbonyl (C=O) groups is 1. The Balaban J connectivity index is 2.46. The number of hydrogen-bond donors (Lipinski definition) is 0. The highest BCUT2D eigenvalue weighted by Gasteiger charge is 2.00. The van der Waals surface area contributed by atoms with Crippen molar-refractivity contribution < 1.29 is 4.79 Å². The van der Waals surface area contributed by atoms with Crippen molar-refractivity contribution in [3.63, 3.8) is 0 Å². The van der Waals surface area contributed by atoms with Gasteiger partial charge < -0.3 is 0 Å². The molecule has 2 rings (SSSR count). The van der Waals surface area contributed by atoms with Crippen LogP contribution in [0.15, 0.2) is 35.7 Å². The minimum Gasteiger partial charge on any atom is -0.298 e. The first-order valence-electron chi connectivity index (χ1n) is 4.40. The van der Waals surface area contributed by atoms with Gasteiger partial charge in [0.05, 0.1) is 0 Å². The van der Waals surface area contributed by atoms with E-state index in [2.05, 4.69) is 18.4 Å². The summed E-state index contributed by atoms with van der Waals surface area (Å²) in [4.78, 5) is 11.9. The van der Waals surface area contributed by atoms with Crippen LogP contribution in [0.2, 0.25) is 0 Å². The van der Waals surface area contributed by atoms with Gasteiger partial charge in [-0.05, 0) is 35.6 Å². The standard InChI is InChI=1S/C12H10OS/c1-9-5-12(8-14-9)11-4-2-3-10(6-11)7-13/h2-8H,1H3. The topological polar surface area (TPSA) is 17.1 Å². The molecule has 0 amide bonds. The summed E-state index contributed by atoms with van der Waals surface area (Å²) in [5.74, 6) is 0. The third-order valence-electron chi connectivity index (χ3n) is 2.09. The highest BCUT2D eigenvalue weighted by Crippen LogP contribution is 2.25. The summed E-state index contributed by atoms with van der Waals surface area (Å²) in [6, 6.07) is 9.79. The van der Waals surface area contributed by atoms with E-state index in [4.69, 9.17) is 0 Å². The second-order valence-corrected chi connectivity index (χ2v) is 4.30. The van der Waals surface area contributed by atoms with Gasteiger partial charge in [-0.2, -0.15) is 0 Å². The van der Waals surface area contributed by atoms with Crippen molar-refractivity contribution in [2.45, 2.75) is 6.92 Å². The minimum atomic E-state index is 0.728. The molecule has 0 fully saturated rings. The second kappa shape index (κ2) is 3.76. The molecular formula is C12H10OS. The molecule has 0 N–H and O–H groups in total. The van der Waals surface area contributed by atoms with Gasteiger partial charge in [0.1, 0.15) is 6.29 Å². The summed E-state index contributed by atoms with van der Waals surface area (Å²) in [6.07, 6.45) is 0.878. The van der Waals surface area contributed by atoms with E-state index in [1.807, 2.05) is 24.3 Å². The zero-order chi connectivity index (χ0) is 9.97. The van der Waals surface area contributed by atoms with Crippen molar-refractivity contribution in [3.05, 3.63) is 46.2 Å². The molecule has 2 aromatic rings. The summed E-state index contributed by atoms with van der Waals surface area (Å²) in [7, 11) is 0. The smallest absolute Gasteiger partial charge is 0.150 e. The maximum atomic E-state index is 10.6. The highest BCUT2D eigenvalue weighted by atomic mass is 32.1. The van der Waals surface area contributed by atoms with E-state index in [0.717, 1.165) is 17.4 Å². The zero-order valence-corrected chi connectivity index (χ0v) is 8.67. The van der Waals surface area contributed by atoms with Crippen LogP contribution in [0.3, 0.4) is 0 Å². The molecule has 1 aromatic heterocycles. The number of thiophene rings is 1. The molecule has 0 aliphatic heterocycles. The van der Waals surface area contributed by atoms with Gasteiger partial charge in [-0.1, -0.05) is 18.2 Å². The normalized spacial score (nSPS) is 10.1. The van der Waals surface area contributed by atoms with Gasteiger partial charge in [-0.3, -0.25) is 4.79 Å². The Hall–Kier alpha value is -1.41. The van der Waals surface area contributed by atoms with E-state index < -0.39 is 0 Å². The zero-order valence-electron chi connectivity index (χ0n) is 7.86. The fourth-order valence-corrected chi connectivity index (χ4v) is 2.10. The summed E-state index contributed by atoms with van der Waals surface area (Å²) < 4.78 is 0. The Labute approximate surface area is 87.0 Å². The van der Waals surface area contributed by atoms with Crippen molar-refractivity contribution in [1.29, 1.82) is 0 Å². The average molecular weight is 202 g/mol. The highest BCUT2D eigenvalue weighted by molar-refractivity contribution is 7.10. The predicted octanol–water partition coefficient (Wildman–Crippen LogP) is 3.54. The Morgan fingerprint density at radius 3 is 2.71 bits per heavy atom. The minimum absolute atomic E-state index is 0.728. The second-order valence-electron chi connectivity index (χ2n) is 3.19. The van der Waals surface area contributed by atoms with E-state index in [1.54, 1.807) is 11.3 Å². The summed E-state index contributed by atoms with van der Waals surface area (Å²) >= 11 is 1.72. The van der Waals surface area contributed by atoms with Crippen LogP contribution in [0.4, 0.5) is 0 Å². The lowest BCUT2D eigenvalue weighted by Crippen LogP contribution is -1.80. The van der Waals surface area contributed by atoms with Gasteiger partial charge in [-0.25, -0.2) is 0 Å². The summed E-state index contributed by atoms with van der Waals surface area (Å²) in [6.45, 7) is 2.08. The molecule has 0 spiro atoms. The molecule has 0 aliphatic rings. The molecule has 1 nitrogen and oxygen atoms in total. The molecule has 2 heteroatoms. The van der Waals surface area contributed by atoms with Crippen LogP contribution >= 0.6 is 11.3 Å². The monoisotopic (exact) mass is 202 g/mol. The van der Waals surface area contributed by atoms with Gasteiger partial charge in [-0.15, -0.1) is 11.3 Å². The average Bonchev–Trinajstić information content (AvgIpc) is 2.65. The van der Waals surface area contributed by atoms with Crippen LogP contribution in [-0.4, -0.2) is 6.29 Å². The number of hydrogen-bond acceptors (Lipinski definition) is 2. The van der Waals surface area contributed by atoms with Crippen LogP contribution in [0.5, 0.6) is 0 Å². The number of aryl methyl sites for hydroxylation is 1. The first-order valence-corrected chi connectivity index (χ1v) is 5.28. The van der Waals surface area contributed by atoms with Gasteiger partial charge in [0, 0.05) is 10.4 Å². The van der Waals surface area contributed by atoms with Crippen LogP contribution in [0, 0.1) is 6.92 Å². The lowest BCUT2D eigenvalue weighted by atomic mass is 10.1. The maximum Gasteiger partial charge on any atom is 0.150 e. The molecule has 1 aromatic carbocycles. The molecule has 70 valence electrons. The largest absolute Gasteiger partial charge is 0.298 e. The lowest BCUT2D eigenvalue weighted by Gasteiger charge is -1.97. The van der Waals surface area contributed by atoms with Crippen molar-refractivity contribution in [2.24, 2.45) is 0 Å². The van der Waals surface area contributed by atoms with Crippen molar-refractivity contribution in [2.75, 3.05) is 0 Å². The van der Waals surface area contributed by atoms with E-state index in [0.29, 0.717) is 0 Å². The van der Waals surface area contributed by atoms with E-state index >= 15 is 0 Å². The molecule has 14 heavy (non-hydrogen) atoms. The van der Waals surface area contributed by atoms with E-state index in [-0.39, 0.29) is 0 Å². The van der Waals surface area contributed by atoms with Gasteiger partial charge >= 0.3 is 0 Å². The fourth-order valence-electron chi connectivity index (χ4n) is 1.39. The van der Waals surface area contributed by atoms with Crippen LogP contribution in [-0.2, 0) is 0 Å². The number of rotatable bonds is 2. The molecule has 0 bridgehead atoms. The van der Waals surface area contributed by atoms with Crippen LogP contribution < -0.4 is 0 Å². The van der Waals surface area contributed by atoms with Crippen molar-refractivity contribution >= 4 is 17.6 Å². The Bertz CT molecular complexity index is 457. The van der Waals surface area contributed by atoms with Gasteiger partial charge in [0.25, 0.3) is 0 Å². The lowest BCUT2D eigenvalue weighted by molar-refractivity contribution is 0.112. The fraction of sp³-hybridized carbons (Fsp3) is 0.0833. The Morgan fingerprint density at radius 1 is 1.21 bits per heavy atom. The first kappa shape index (κ1) is 9.16. The molecular weight excluding hydrogens is 192 g/mol. The molecule has 0 aliphatic carbocycles. The van der Waals surface area contributed by atoms with Gasteiger partial charge in [0.2, 0.25) is 0 Å². The third-order valence-corrected chi connectivity index (χ3v) is 2.95. The summed E-state index contributed by atoms with van der Waals surface area (Å²) in [5, 5.41) is 2.11. The molecule has 0 saturated carbocycles. The molecule has 0 unspecified atom stereocenters. The first-order chi connectivity index (χ1) is 6.79. The maximum absolute atomic E-state index is 10.6. The Kier molecular flexibility index (Phi) is 2.46. The Morgan fingerprint density at radius 2 is 2.07 bits per heavy atom.